The largest absolute Gasteiger partial charge is 0.414 e. The molecule has 4 nitrogen and oxygen atoms in total. The van der Waals surface area contributed by atoms with Gasteiger partial charge in [0.2, 0.25) is 0 Å². The lowest BCUT2D eigenvalue weighted by atomic mass is 9.86. The normalized spacial score (nSPS) is 27.6. The third-order valence-electron chi connectivity index (χ3n) is 9.79. The molecule has 8 heteroatoms. The Morgan fingerprint density at radius 1 is 0.921 bits per heavy atom. The first-order chi connectivity index (χ1) is 17.3. The number of benzene rings is 1. The van der Waals surface area contributed by atoms with E-state index in [0.717, 1.165) is 25.3 Å². The van der Waals surface area contributed by atoms with Crippen molar-refractivity contribution in [2.45, 2.75) is 141 Å². The third-order valence-corrected chi connectivity index (χ3v) is 18.8. The van der Waals surface area contributed by atoms with E-state index < -0.39 is 34.6 Å². The topological polar surface area (TPSA) is 47.9 Å². The van der Waals surface area contributed by atoms with Crippen molar-refractivity contribution in [3.63, 3.8) is 0 Å². The van der Waals surface area contributed by atoms with Gasteiger partial charge in [-0.3, -0.25) is 0 Å². The molecule has 0 amide bonds. The highest BCUT2D eigenvalue weighted by Crippen LogP contribution is 2.49. The van der Waals surface area contributed by atoms with Crippen LogP contribution in [0.4, 0.5) is 8.78 Å². The van der Waals surface area contributed by atoms with Gasteiger partial charge < -0.3 is 18.7 Å². The average Bonchev–Trinajstić information content (AvgIpc) is 3.22. The number of rotatable bonds is 10. The average molecular weight is 571 g/mol. The van der Waals surface area contributed by atoms with Crippen LogP contribution in [0.3, 0.4) is 0 Å². The Kier molecular flexibility index (Phi) is 9.80. The van der Waals surface area contributed by atoms with E-state index in [9.17, 15) is 13.9 Å². The van der Waals surface area contributed by atoms with E-state index in [0.29, 0.717) is 30.7 Å². The minimum absolute atomic E-state index is 0.0120. The summed E-state index contributed by atoms with van der Waals surface area (Å²) in [7, 11) is -4.04. The van der Waals surface area contributed by atoms with Crippen LogP contribution < -0.4 is 0 Å². The van der Waals surface area contributed by atoms with Gasteiger partial charge in [-0.15, -0.1) is 0 Å². The molecule has 1 saturated heterocycles. The van der Waals surface area contributed by atoms with Crippen LogP contribution in [-0.4, -0.2) is 46.3 Å². The molecule has 0 bridgehead atoms. The maximum atomic E-state index is 13.8. The second-order valence-electron chi connectivity index (χ2n) is 14.7. The Labute approximate surface area is 232 Å². The Balaban J connectivity index is 1.78. The molecule has 2 fully saturated rings. The van der Waals surface area contributed by atoms with Gasteiger partial charge in [0.1, 0.15) is 11.6 Å². The van der Waals surface area contributed by atoms with Gasteiger partial charge in [-0.05, 0) is 97.9 Å². The quantitative estimate of drug-likeness (QED) is 0.288. The van der Waals surface area contributed by atoms with Crippen molar-refractivity contribution in [3.05, 3.63) is 35.4 Å². The zero-order valence-electron chi connectivity index (χ0n) is 25.4. The molecule has 3 unspecified atom stereocenters. The summed E-state index contributed by atoms with van der Waals surface area (Å²) in [6.45, 7) is 22.6. The monoisotopic (exact) mass is 570 g/mol. The molecule has 0 radical (unpaired) electrons. The molecular formula is C30H52F2O4Si2. The SMILES string of the molecule is CC(C)(C)[Si](C)(C)OC(CCc1cc(F)cc(F)c1)CC[C@H]1[C@H](O[Si](C)(C)C(C)(C)C)CC2OC(O)C[C@@H]21. The Hall–Kier alpha value is -0.646. The minimum atomic E-state index is -2.06. The number of fused-ring (bicyclic) bond motifs is 1. The minimum Gasteiger partial charge on any atom is -0.414 e. The van der Waals surface area contributed by atoms with Crippen molar-refractivity contribution < 1.29 is 27.5 Å². The fourth-order valence-corrected chi connectivity index (χ4v) is 8.31. The lowest BCUT2D eigenvalue weighted by Crippen LogP contribution is -2.46. The van der Waals surface area contributed by atoms with E-state index in [1.54, 1.807) is 0 Å². The van der Waals surface area contributed by atoms with Gasteiger partial charge in [0.25, 0.3) is 0 Å². The van der Waals surface area contributed by atoms with Crippen LogP contribution in [0, 0.1) is 23.5 Å². The van der Waals surface area contributed by atoms with Gasteiger partial charge in [0.05, 0.1) is 12.2 Å². The van der Waals surface area contributed by atoms with Crippen molar-refractivity contribution in [1.82, 2.24) is 0 Å². The summed E-state index contributed by atoms with van der Waals surface area (Å²) in [5.74, 6) is -0.498. The first kappa shape index (κ1) is 31.9. The first-order valence-electron chi connectivity index (χ1n) is 14.4. The van der Waals surface area contributed by atoms with Crippen LogP contribution in [-0.2, 0) is 20.0 Å². The van der Waals surface area contributed by atoms with Crippen LogP contribution >= 0.6 is 0 Å². The summed E-state index contributed by atoms with van der Waals surface area (Å²) < 4.78 is 47.4. The second-order valence-corrected chi connectivity index (χ2v) is 24.3. The maximum absolute atomic E-state index is 13.8. The van der Waals surface area contributed by atoms with Crippen LogP contribution in [0.1, 0.15) is 79.2 Å². The molecule has 6 atom stereocenters. The number of hydrogen-bond acceptors (Lipinski definition) is 4. The van der Waals surface area contributed by atoms with Gasteiger partial charge in [-0.25, -0.2) is 8.78 Å². The van der Waals surface area contributed by atoms with Crippen LogP contribution in [0.5, 0.6) is 0 Å². The van der Waals surface area contributed by atoms with Gasteiger partial charge in [0, 0.05) is 18.6 Å². The molecule has 0 spiro atoms. The molecule has 2 aliphatic rings. The number of aliphatic hydroxyl groups is 1. The zero-order chi connectivity index (χ0) is 28.7. The molecular weight excluding hydrogens is 518 g/mol. The van der Waals surface area contributed by atoms with Crippen molar-refractivity contribution in [1.29, 1.82) is 0 Å². The number of halogens is 2. The van der Waals surface area contributed by atoms with Gasteiger partial charge >= 0.3 is 0 Å². The second kappa shape index (κ2) is 11.7. The summed E-state index contributed by atoms with van der Waals surface area (Å²) >= 11 is 0. The number of aliphatic hydroxyl groups excluding tert-OH is 1. The molecule has 1 aliphatic carbocycles. The lowest BCUT2D eigenvalue weighted by Gasteiger charge is -2.41. The summed E-state index contributed by atoms with van der Waals surface area (Å²) in [6, 6.07) is 3.77. The van der Waals surface area contributed by atoms with Crippen LogP contribution in [0.2, 0.25) is 36.3 Å². The summed E-state index contributed by atoms with van der Waals surface area (Å²) in [4.78, 5) is 0. The third kappa shape index (κ3) is 7.75. The van der Waals surface area contributed by atoms with Gasteiger partial charge in [0.15, 0.2) is 22.9 Å². The van der Waals surface area contributed by atoms with Gasteiger partial charge in [-0.1, -0.05) is 41.5 Å². The molecule has 0 aromatic heterocycles. The van der Waals surface area contributed by atoms with E-state index in [-0.39, 0.29) is 34.3 Å². The predicted octanol–water partition coefficient (Wildman–Crippen LogP) is 8.20. The highest BCUT2D eigenvalue weighted by atomic mass is 28.4. The molecule has 38 heavy (non-hydrogen) atoms. The van der Waals surface area contributed by atoms with Crippen molar-refractivity contribution in [2.24, 2.45) is 11.8 Å². The molecule has 1 aliphatic heterocycles. The summed E-state index contributed by atoms with van der Waals surface area (Å²) in [6.07, 6.45) is 3.99. The predicted molar refractivity (Wildman–Crippen MR) is 155 cm³/mol. The first-order valence-corrected chi connectivity index (χ1v) is 20.2. The van der Waals surface area contributed by atoms with Crippen molar-refractivity contribution >= 4 is 16.6 Å². The van der Waals surface area contributed by atoms with E-state index in [1.807, 2.05) is 0 Å². The van der Waals surface area contributed by atoms with Gasteiger partial charge in [-0.2, -0.15) is 0 Å². The number of aryl methyl sites for hydroxylation is 1. The highest BCUT2D eigenvalue weighted by molar-refractivity contribution is 6.74. The molecule has 3 rings (SSSR count). The lowest BCUT2D eigenvalue weighted by molar-refractivity contribution is -0.0946. The standard InChI is InChI=1S/C30H52F2O4Si2/c1-29(2,3)37(7,8)35-23(12-11-20-15-21(31)17-22(32)16-20)13-14-24-25-18-28(33)34-26(25)19-27(24)36-38(9,10)30(4,5)6/h15-17,23-28,33H,11-14,18-19H2,1-10H3/t23?,24-,25-,26?,27-,28?/m1/s1. The van der Waals surface area contributed by atoms with E-state index >= 15 is 0 Å². The number of ether oxygens (including phenoxy) is 1. The molecule has 1 heterocycles. The summed E-state index contributed by atoms with van der Waals surface area (Å²) in [5.41, 5.74) is 0.665. The van der Waals surface area contributed by atoms with Crippen molar-refractivity contribution in [3.8, 4) is 0 Å². The fraction of sp³-hybridized carbons (Fsp3) is 0.800. The molecule has 218 valence electrons. The summed E-state index contributed by atoms with van der Waals surface area (Å²) in [5, 5.41) is 10.4. The van der Waals surface area contributed by atoms with Crippen LogP contribution in [0.25, 0.3) is 0 Å². The van der Waals surface area contributed by atoms with E-state index in [1.165, 1.54) is 12.1 Å². The highest BCUT2D eigenvalue weighted by Gasteiger charge is 2.52. The Bertz CT molecular complexity index is 921. The Morgan fingerprint density at radius 2 is 1.50 bits per heavy atom. The smallest absolute Gasteiger partial charge is 0.192 e. The van der Waals surface area contributed by atoms with E-state index in [4.69, 9.17) is 13.6 Å². The molecule has 1 saturated carbocycles. The molecule has 1 aromatic carbocycles. The Morgan fingerprint density at radius 3 is 2.05 bits per heavy atom. The van der Waals surface area contributed by atoms with Crippen molar-refractivity contribution in [2.75, 3.05) is 0 Å². The molecule has 1 aromatic rings. The molecule has 1 N–H and O–H groups in total. The number of hydrogen-bond donors (Lipinski definition) is 1. The fourth-order valence-electron chi connectivity index (χ4n) is 5.51. The maximum Gasteiger partial charge on any atom is 0.192 e. The van der Waals surface area contributed by atoms with E-state index in [2.05, 4.69) is 67.7 Å². The zero-order valence-corrected chi connectivity index (χ0v) is 27.4. The van der Waals surface area contributed by atoms with Crippen LogP contribution in [0.15, 0.2) is 18.2 Å².